The molecule has 6 nitrogen and oxygen atoms in total. The summed E-state index contributed by atoms with van der Waals surface area (Å²) in [6.07, 6.45) is 2.89. The predicted molar refractivity (Wildman–Crippen MR) is 128 cm³/mol. The molecular weight excluding hydrogens is 416 g/mol. The van der Waals surface area contributed by atoms with E-state index in [4.69, 9.17) is 9.84 Å². The Morgan fingerprint density at radius 1 is 1.03 bits per heavy atom. The van der Waals surface area contributed by atoms with E-state index >= 15 is 0 Å². The van der Waals surface area contributed by atoms with Gasteiger partial charge in [0.25, 0.3) is 0 Å². The lowest BCUT2D eigenvalue weighted by atomic mass is 10.1. The van der Waals surface area contributed by atoms with Gasteiger partial charge in [0.1, 0.15) is 0 Å². The van der Waals surface area contributed by atoms with Crippen LogP contribution in [0.2, 0.25) is 0 Å². The summed E-state index contributed by atoms with van der Waals surface area (Å²) in [5.41, 5.74) is 5.08. The number of aromatic nitrogens is 2. The summed E-state index contributed by atoms with van der Waals surface area (Å²) in [4.78, 5) is 28.7. The molecule has 0 amide bonds. The molecule has 0 aliphatic carbocycles. The second kappa shape index (κ2) is 9.63. The summed E-state index contributed by atoms with van der Waals surface area (Å²) in [6, 6.07) is 22.7. The minimum Gasteiger partial charge on any atom is -0.479 e. The molecule has 1 heterocycles. The zero-order valence-corrected chi connectivity index (χ0v) is 18.4. The van der Waals surface area contributed by atoms with Crippen LogP contribution in [0.4, 0.5) is 0 Å². The number of carboxylic acid groups (broad SMARTS) is 1. The number of nitrogens with zero attached hydrogens (tertiary/aromatic N) is 2. The van der Waals surface area contributed by atoms with Crippen molar-refractivity contribution in [2.45, 2.75) is 26.6 Å². The maximum absolute atomic E-state index is 13.2. The molecule has 4 rings (SSSR count). The molecule has 4 aromatic rings. The van der Waals surface area contributed by atoms with E-state index in [1.807, 2.05) is 96.6 Å². The number of carbonyl (C=O) groups is 2. The van der Waals surface area contributed by atoms with Gasteiger partial charge in [0.15, 0.2) is 11.9 Å². The number of hydrogen-bond donors (Lipinski definition) is 1. The molecule has 1 N–H and O–H groups in total. The first-order valence-corrected chi connectivity index (χ1v) is 10.6. The molecule has 6 heteroatoms. The Morgan fingerprint density at radius 2 is 1.73 bits per heavy atom. The number of aliphatic carboxylic acids is 1. The molecule has 1 aromatic heterocycles. The zero-order valence-electron chi connectivity index (χ0n) is 18.4. The molecule has 0 unspecified atom stereocenters. The lowest BCUT2D eigenvalue weighted by Crippen LogP contribution is -2.19. The van der Waals surface area contributed by atoms with Crippen molar-refractivity contribution in [2.24, 2.45) is 0 Å². The van der Waals surface area contributed by atoms with Crippen LogP contribution < -0.4 is 0 Å². The highest BCUT2D eigenvalue weighted by atomic mass is 16.5. The van der Waals surface area contributed by atoms with Gasteiger partial charge in [-0.05, 0) is 43.2 Å². The Morgan fingerprint density at radius 3 is 2.42 bits per heavy atom. The normalized spacial score (nSPS) is 12.3. The van der Waals surface area contributed by atoms with Gasteiger partial charge in [0.05, 0.1) is 17.6 Å². The average molecular weight is 440 g/mol. The van der Waals surface area contributed by atoms with E-state index in [2.05, 4.69) is 4.98 Å². The van der Waals surface area contributed by atoms with Crippen molar-refractivity contribution in [3.8, 4) is 0 Å². The second-order valence-electron chi connectivity index (χ2n) is 7.84. The van der Waals surface area contributed by atoms with Gasteiger partial charge >= 0.3 is 5.97 Å². The Labute approximate surface area is 191 Å². The smallest absolute Gasteiger partial charge is 0.332 e. The summed E-state index contributed by atoms with van der Waals surface area (Å²) in [5, 5.41) is 8.92. The summed E-state index contributed by atoms with van der Waals surface area (Å²) in [5.74, 6) is -0.780. The van der Waals surface area contributed by atoms with Gasteiger partial charge in [0.2, 0.25) is 5.78 Å². The van der Waals surface area contributed by atoms with E-state index < -0.39 is 12.1 Å². The number of para-hydroxylation sites is 2. The van der Waals surface area contributed by atoms with Gasteiger partial charge in [-0.25, -0.2) is 9.78 Å². The SMILES string of the molecule is Cc1ccc(C(=O)c2nc3ccccc3n2C=Cc2ccc(CO[C@H](C)C(=O)O)cc2)cc1. The molecule has 0 spiro atoms. The number of ketones is 1. The van der Waals surface area contributed by atoms with Crippen molar-refractivity contribution in [1.29, 1.82) is 0 Å². The first kappa shape index (κ1) is 22.2. The lowest BCUT2D eigenvalue weighted by Gasteiger charge is -2.08. The molecule has 166 valence electrons. The highest BCUT2D eigenvalue weighted by Gasteiger charge is 2.18. The molecule has 0 radical (unpaired) electrons. The van der Waals surface area contributed by atoms with E-state index in [1.54, 1.807) is 0 Å². The Balaban J connectivity index is 1.60. The van der Waals surface area contributed by atoms with Crippen molar-refractivity contribution in [3.63, 3.8) is 0 Å². The number of ether oxygens (including phenoxy) is 1. The Hall–Kier alpha value is -4.03. The number of fused-ring (bicyclic) bond motifs is 1. The van der Waals surface area contributed by atoms with E-state index in [-0.39, 0.29) is 12.4 Å². The first-order valence-electron chi connectivity index (χ1n) is 10.6. The van der Waals surface area contributed by atoms with Gasteiger partial charge in [-0.15, -0.1) is 0 Å². The molecule has 3 aromatic carbocycles. The third kappa shape index (κ3) is 5.07. The number of carbonyl (C=O) groups excluding carboxylic acids is 1. The van der Waals surface area contributed by atoms with E-state index in [1.165, 1.54) is 6.92 Å². The minimum atomic E-state index is -0.988. The van der Waals surface area contributed by atoms with Crippen LogP contribution in [0.3, 0.4) is 0 Å². The number of hydrogen-bond acceptors (Lipinski definition) is 4. The molecule has 0 saturated heterocycles. The summed E-state index contributed by atoms with van der Waals surface area (Å²) in [6.45, 7) is 3.71. The van der Waals surface area contributed by atoms with Crippen LogP contribution in [0, 0.1) is 6.92 Å². The van der Waals surface area contributed by atoms with Gasteiger partial charge < -0.3 is 9.84 Å². The average Bonchev–Trinajstić information content (AvgIpc) is 3.20. The van der Waals surface area contributed by atoms with Gasteiger partial charge in [-0.1, -0.05) is 66.2 Å². The lowest BCUT2D eigenvalue weighted by molar-refractivity contribution is -0.149. The summed E-state index contributed by atoms with van der Waals surface area (Å²) >= 11 is 0. The molecule has 0 aliphatic heterocycles. The third-order valence-corrected chi connectivity index (χ3v) is 5.36. The topological polar surface area (TPSA) is 81.4 Å². The fraction of sp³-hybridized carbons (Fsp3) is 0.148. The number of aryl methyl sites for hydroxylation is 1. The summed E-state index contributed by atoms with van der Waals surface area (Å²) in [7, 11) is 0. The molecule has 0 fully saturated rings. The van der Waals surface area contributed by atoms with Crippen molar-refractivity contribution in [1.82, 2.24) is 9.55 Å². The number of benzene rings is 3. The van der Waals surface area contributed by atoms with Crippen molar-refractivity contribution in [2.75, 3.05) is 0 Å². The molecule has 33 heavy (non-hydrogen) atoms. The zero-order chi connectivity index (χ0) is 23.4. The van der Waals surface area contributed by atoms with Crippen molar-refractivity contribution in [3.05, 3.63) is 101 Å². The fourth-order valence-corrected chi connectivity index (χ4v) is 3.37. The quantitative estimate of drug-likeness (QED) is 0.381. The molecule has 1 atom stereocenters. The van der Waals surface area contributed by atoms with Crippen molar-refractivity contribution < 1.29 is 19.4 Å². The molecule has 0 bridgehead atoms. The van der Waals surface area contributed by atoms with Crippen LogP contribution in [0.1, 0.15) is 39.8 Å². The van der Waals surface area contributed by atoms with Crippen LogP contribution in [-0.4, -0.2) is 32.5 Å². The highest BCUT2D eigenvalue weighted by Crippen LogP contribution is 2.20. The maximum atomic E-state index is 13.2. The van der Waals surface area contributed by atoms with E-state index in [0.717, 1.165) is 27.7 Å². The highest BCUT2D eigenvalue weighted by molar-refractivity contribution is 6.09. The van der Waals surface area contributed by atoms with Gasteiger partial charge in [0, 0.05) is 11.8 Å². The van der Waals surface area contributed by atoms with Crippen LogP contribution in [0.15, 0.2) is 72.8 Å². The number of carboxylic acids is 1. The summed E-state index contributed by atoms with van der Waals surface area (Å²) < 4.78 is 7.13. The minimum absolute atomic E-state index is 0.143. The van der Waals surface area contributed by atoms with Gasteiger partial charge in [-0.2, -0.15) is 0 Å². The third-order valence-electron chi connectivity index (χ3n) is 5.36. The predicted octanol–water partition coefficient (Wildman–Crippen LogP) is 5.19. The maximum Gasteiger partial charge on any atom is 0.332 e. The fourth-order valence-electron chi connectivity index (χ4n) is 3.37. The van der Waals surface area contributed by atoms with Crippen LogP contribution >= 0.6 is 0 Å². The second-order valence-corrected chi connectivity index (χ2v) is 7.84. The Bertz CT molecular complexity index is 1320. The largest absolute Gasteiger partial charge is 0.479 e. The monoisotopic (exact) mass is 440 g/mol. The van der Waals surface area contributed by atoms with E-state index in [9.17, 15) is 9.59 Å². The first-order chi connectivity index (χ1) is 15.9. The molecular formula is C27H24N2O4. The molecule has 0 saturated carbocycles. The van der Waals surface area contributed by atoms with E-state index in [0.29, 0.717) is 11.4 Å². The van der Waals surface area contributed by atoms with Crippen LogP contribution in [0.5, 0.6) is 0 Å². The number of rotatable bonds is 8. The van der Waals surface area contributed by atoms with Crippen LogP contribution in [-0.2, 0) is 16.1 Å². The van der Waals surface area contributed by atoms with Crippen molar-refractivity contribution >= 4 is 35.1 Å². The molecule has 0 aliphatic rings. The van der Waals surface area contributed by atoms with Crippen LogP contribution in [0.25, 0.3) is 23.3 Å². The standard InChI is InChI=1S/C27H24N2O4/c1-18-7-13-22(14-8-18)25(30)26-28-23-5-3-4-6-24(23)29(26)16-15-20-9-11-21(12-10-20)17-33-19(2)27(31)32/h3-16,19H,17H2,1-2H3,(H,31,32)/t19-/m1/s1. The van der Waals surface area contributed by atoms with Gasteiger partial charge in [-0.3, -0.25) is 9.36 Å². The Kier molecular flexibility index (Phi) is 6.47. The number of imidazole rings is 1.